The summed E-state index contributed by atoms with van der Waals surface area (Å²) in [6.07, 6.45) is 81.2. The van der Waals surface area contributed by atoms with Gasteiger partial charge in [-0.15, -0.1) is 0 Å². The topological polar surface area (TPSA) is 78.9 Å². The molecule has 0 aromatic heterocycles. The van der Waals surface area contributed by atoms with Crippen molar-refractivity contribution >= 4 is 17.9 Å². The highest BCUT2D eigenvalue weighted by atomic mass is 16.6. The van der Waals surface area contributed by atoms with Crippen LogP contribution in [0.5, 0.6) is 0 Å². The Kier molecular flexibility index (Phi) is 59.7. The molecule has 0 N–H and O–H groups in total. The zero-order valence-corrected chi connectivity index (χ0v) is 49.1. The molecule has 6 nitrogen and oxygen atoms in total. The number of rotatable bonds is 58. The summed E-state index contributed by atoms with van der Waals surface area (Å²) in [5, 5.41) is 0. The van der Waals surface area contributed by atoms with Gasteiger partial charge in [0.05, 0.1) is 0 Å². The third-order valence-corrected chi connectivity index (χ3v) is 13.9. The van der Waals surface area contributed by atoms with Gasteiger partial charge in [0.25, 0.3) is 0 Å². The molecule has 6 heteroatoms. The van der Waals surface area contributed by atoms with Gasteiger partial charge in [-0.05, 0) is 89.9 Å². The van der Waals surface area contributed by atoms with E-state index in [-0.39, 0.29) is 31.1 Å². The Morgan fingerprint density at radius 3 is 0.838 bits per heavy atom. The molecule has 0 rings (SSSR count). The molecular formula is C68H120O6. The van der Waals surface area contributed by atoms with E-state index < -0.39 is 6.10 Å². The van der Waals surface area contributed by atoms with Gasteiger partial charge in [0.15, 0.2) is 6.10 Å². The molecule has 0 radical (unpaired) electrons. The first kappa shape index (κ1) is 70.8. The van der Waals surface area contributed by atoms with Crippen LogP contribution in [0.15, 0.2) is 72.9 Å². The number of esters is 3. The van der Waals surface area contributed by atoms with Gasteiger partial charge in [-0.1, -0.05) is 286 Å². The van der Waals surface area contributed by atoms with Crippen LogP contribution in [0.2, 0.25) is 0 Å². The lowest BCUT2D eigenvalue weighted by Gasteiger charge is -2.18. The highest BCUT2D eigenvalue weighted by Crippen LogP contribution is 2.17. The van der Waals surface area contributed by atoms with E-state index in [9.17, 15) is 14.4 Å². The van der Waals surface area contributed by atoms with Crippen LogP contribution in [-0.4, -0.2) is 37.2 Å². The summed E-state index contributed by atoms with van der Waals surface area (Å²) in [4.78, 5) is 37.8. The monoisotopic (exact) mass is 1030 g/mol. The zero-order valence-electron chi connectivity index (χ0n) is 49.1. The summed E-state index contributed by atoms with van der Waals surface area (Å²) >= 11 is 0. The van der Waals surface area contributed by atoms with E-state index in [4.69, 9.17) is 14.2 Å². The van der Waals surface area contributed by atoms with Gasteiger partial charge in [-0.25, -0.2) is 0 Å². The Morgan fingerprint density at radius 2 is 0.527 bits per heavy atom. The molecule has 1 atom stereocenters. The maximum absolute atomic E-state index is 12.8. The first-order chi connectivity index (χ1) is 36.5. The first-order valence-electron chi connectivity index (χ1n) is 31.9. The van der Waals surface area contributed by atoms with Crippen LogP contribution in [0.3, 0.4) is 0 Å². The van der Waals surface area contributed by atoms with Crippen molar-refractivity contribution in [3.63, 3.8) is 0 Å². The summed E-state index contributed by atoms with van der Waals surface area (Å²) in [5.41, 5.74) is 0. The zero-order chi connectivity index (χ0) is 53.6. The van der Waals surface area contributed by atoms with E-state index in [0.29, 0.717) is 19.3 Å². The molecule has 0 amide bonds. The Bertz CT molecular complexity index is 1370. The number of hydrogen-bond donors (Lipinski definition) is 0. The fraction of sp³-hybridized carbons (Fsp3) is 0.779. The smallest absolute Gasteiger partial charge is 0.306 e. The first-order valence-corrected chi connectivity index (χ1v) is 31.9. The predicted molar refractivity (Wildman–Crippen MR) is 321 cm³/mol. The molecule has 0 saturated heterocycles. The third kappa shape index (κ3) is 59.7. The highest BCUT2D eigenvalue weighted by Gasteiger charge is 2.19. The summed E-state index contributed by atoms with van der Waals surface area (Å²) in [6, 6.07) is 0. The van der Waals surface area contributed by atoms with Gasteiger partial charge in [-0.2, -0.15) is 0 Å². The van der Waals surface area contributed by atoms with E-state index in [2.05, 4.69) is 93.7 Å². The largest absolute Gasteiger partial charge is 0.462 e. The fourth-order valence-corrected chi connectivity index (χ4v) is 9.17. The quantitative estimate of drug-likeness (QED) is 0.0261. The van der Waals surface area contributed by atoms with Crippen molar-refractivity contribution in [1.29, 1.82) is 0 Å². The fourth-order valence-electron chi connectivity index (χ4n) is 9.17. The second-order valence-electron chi connectivity index (χ2n) is 21.3. The van der Waals surface area contributed by atoms with Gasteiger partial charge in [0, 0.05) is 19.3 Å². The summed E-state index contributed by atoms with van der Waals surface area (Å²) in [5.74, 6) is -0.883. The molecule has 0 heterocycles. The van der Waals surface area contributed by atoms with Crippen LogP contribution in [0, 0.1) is 0 Å². The molecule has 0 fully saturated rings. The van der Waals surface area contributed by atoms with Crippen molar-refractivity contribution in [3.8, 4) is 0 Å². The third-order valence-electron chi connectivity index (χ3n) is 13.9. The number of allylic oxidation sites excluding steroid dienone is 12. The number of carbonyl (C=O) groups is 3. The van der Waals surface area contributed by atoms with Crippen LogP contribution in [0.4, 0.5) is 0 Å². The van der Waals surface area contributed by atoms with Crippen molar-refractivity contribution in [2.75, 3.05) is 13.2 Å². The molecule has 0 aromatic carbocycles. The highest BCUT2D eigenvalue weighted by molar-refractivity contribution is 5.71. The molecule has 0 aromatic rings. The van der Waals surface area contributed by atoms with Crippen molar-refractivity contribution in [3.05, 3.63) is 72.9 Å². The summed E-state index contributed by atoms with van der Waals surface area (Å²) in [7, 11) is 0. The Morgan fingerprint density at radius 1 is 0.284 bits per heavy atom. The molecule has 1 unspecified atom stereocenters. The van der Waals surface area contributed by atoms with Gasteiger partial charge in [-0.3, -0.25) is 14.4 Å². The van der Waals surface area contributed by atoms with E-state index in [1.807, 2.05) is 0 Å². The molecule has 74 heavy (non-hydrogen) atoms. The second-order valence-corrected chi connectivity index (χ2v) is 21.3. The predicted octanol–water partition coefficient (Wildman–Crippen LogP) is 21.7. The van der Waals surface area contributed by atoms with E-state index >= 15 is 0 Å². The van der Waals surface area contributed by atoms with Gasteiger partial charge in [0.2, 0.25) is 0 Å². The number of ether oxygens (including phenoxy) is 3. The minimum atomic E-state index is -0.772. The van der Waals surface area contributed by atoms with Gasteiger partial charge < -0.3 is 14.2 Å². The lowest BCUT2D eigenvalue weighted by molar-refractivity contribution is -0.167. The maximum Gasteiger partial charge on any atom is 0.306 e. The Labute approximate surface area is 459 Å². The summed E-state index contributed by atoms with van der Waals surface area (Å²) < 4.78 is 16.7. The van der Waals surface area contributed by atoms with E-state index in [1.54, 1.807) is 0 Å². The minimum Gasteiger partial charge on any atom is -0.462 e. The normalized spacial score (nSPS) is 12.5. The molecule has 0 aliphatic rings. The second kappa shape index (κ2) is 62.4. The molecular weight excluding hydrogens is 913 g/mol. The molecule has 428 valence electrons. The average Bonchev–Trinajstić information content (AvgIpc) is 3.40. The average molecular weight is 1030 g/mol. The van der Waals surface area contributed by atoms with Crippen LogP contribution in [-0.2, 0) is 28.6 Å². The van der Waals surface area contributed by atoms with Crippen LogP contribution < -0.4 is 0 Å². The van der Waals surface area contributed by atoms with Crippen LogP contribution >= 0.6 is 0 Å². The van der Waals surface area contributed by atoms with E-state index in [0.717, 1.165) is 103 Å². The van der Waals surface area contributed by atoms with Crippen molar-refractivity contribution in [2.24, 2.45) is 0 Å². The number of carbonyl (C=O) groups excluding carboxylic acids is 3. The van der Waals surface area contributed by atoms with Crippen molar-refractivity contribution in [2.45, 2.75) is 329 Å². The lowest BCUT2D eigenvalue weighted by Crippen LogP contribution is -2.30. The molecule has 0 aliphatic carbocycles. The Balaban J connectivity index is 3.91. The number of hydrogen-bond acceptors (Lipinski definition) is 6. The lowest BCUT2D eigenvalue weighted by atomic mass is 10.0. The molecule has 0 spiro atoms. The molecule has 0 bridgehead atoms. The van der Waals surface area contributed by atoms with Gasteiger partial charge in [0.1, 0.15) is 13.2 Å². The standard InChI is InChI=1S/C68H120O6/c1-4-7-10-13-15-17-19-21-23-25-26-27-28-29-30-31-32-33-34-35-36-37-38-39-40-41-42-43-45-46-48-50-52-55-58-61-67(70)73-64-65(63-72-66(69)60-57-54-12-9-6-3)74-68(71)62-59-56-53-51-49-47-44-24-22-20-18-16-14-11-8-5-2/h7,10,15,17,21,23-24,26-27,29-30,44,65H,4-6,8-9,11-14,16,18-20,22,25,28,31-43,45-64H2,1-3H3/b10-7-,17-15-,23-21-,27-26-,30-29-,44-24-. The number of unbranched alkanes of at least 4 members (excludes halogenated alkanes) is 35. The maximum atomic E-state index is 12.8. The van der Waals surface area contributed by atoms with Crippen molar-refractivity contribution < 1.29 is 28.6 Å². The molecule has 0 saturated carbocycles. The van der Waals surface area contributed by atoms with Crippen molar-refractivity contribution in [1.82, 2.24) is 0 Å². The summed E-state index contributed by atoms with van der Waals surface area (Å²) in [6.45, 7) is 6.46. The molecule has 0 aliphatic heterocycles. The minimum absolute atomic E-state index is 0.0743. The Hall–Kier alpha value is -3.15. The van der Waals surface area contributed by atoms with Gasteiger partial charge >= 0.3 is 17.9 Å². The van der Waals surface area contributed by atoms with Crippen LogP contribution in [0.1, 0.15) is 323 Å². The van der Waals surface area contributed by atoms with E-state index in [1.165, 1.54) is 180 Å². The van der Waals surface area contributed by atoms with Crippen LogP contribution in [0.25, 0.3) is 0 Å². The SMILES string of the molecule is CC/C=C\C/C=C\C/C=C\C/C=C\C/C=C\CCCCCCCCCCCCCCCCCCCCCC(=O)OCC(COC(=O)CCCCCCC)OC(=O)CCCCCCC/C=C\CCCCCCCCC.